The lowest BCUT2D eigenvalue weighted by atomic mass is 9.86. The molecule has 37 heavy (non-hydrogen) atoms. The fraction of sp³-hybridized carbons (Fsp3) is 0.308. The van der Waals surface area contributed by atoms with E-state index in [1.807, 2.05) is 60.0 Å². The van der Waals surface area contributed by atoms with Crippen LogP contribution in [0.3, 0.4) is 0 Å². The van der Waals surface area contributed by atoms with Crippen molar-refractivity contribution < 1.29 is 4.79 Å². The maximum atomic E-state index is 12.3. The highest BCUT2D eigenvalue weighted by atomic mass is 35.5. The van der Waals surface area contributed by atoms with Gasteiger partial charge >= 0.3 is 0 Å². The molecule has 0 radical (unpaired) electrons. The lowest BCUT2D eigenvalue weighted by Gasteiger charge is -2.40. The normalized spacial score (nSPS) is 15.3. The number of hydrogen-bond donors (Lipinski definition) is 3. The van der Waals surface area contributed by atoms with Crippen LogP contribution in [-0.4, -0.2) is 50.6 Å². The van der Waals surface area contributed by atoms with E-state index in [0.29, 0.717) is 71.2 Å². The van der Waals surface area contributed by atoms with Crippen LogP contribution in [0.25, 0.3) is 28.2 Å². The van der Waals surface area contributed by atoms with Gasteiger partial charge in [-0.05, 0) is 55.8 Å². The Bertz CT molecular complexity index is 1450. The molecule has 1 saturated heterocycles. The molecule has 2 aromatic carbocycles. The molecule has 0 atom stereocenters. The van der Waals surface area contributed by atoms with Crippen molar-refractivity contribution in [1.29, 1.82) is 0 Å². The van der Waals surface area contributed by atoms with Gasteiger partial charge in [0.1, 0.15) is 17.2 Å². The third-order valence-electron chi connectivity index (χ3n) is 6.82. The monoisotopic (exact) mass is 538 g/mol. The zero-order valence-corrected chi connectivity index (χ0v) is 21.9. The number of fused-ring (bicyclic) bond motifs is 1. The maximum Gasteiger partial charge on any atom is 0.237 e. The highest BCUT2D eigenvalue weighted by molar-refractivity contribution is 6.33. The van der Waals surface area contributed by atoms with E-state index in [0.717, 1.165) is 11.3 Å². The summed E-state index contributed by atoms with van der Waals surface area (Å²) in [5.41, 5.74) is 13.9. The minimum absolute atomic E-state index is 0.159. The Morgan fingerprint density at radius 1 is 1.05 bits per heavy atom. The van der Waals surface area contributed by atoms with Crippen LogP contribution in [0.15, 0.2) is 48.5 Å². The summed E-state index contributed by atoms with van der Waals surface area (Å²) < 4.78 is 1.95. The van der Waals surface area contributed by atoms with Gasteiger partial charge in [-0.2, -0.15) is 0 Å². The third kappa shape index (κ3) is 4.64. The van der Waals surface area contributed by atoms with Crippen LogP contribution in [0.5, 0.6) is 0 Å². The van der Waals surface area contributed by atoms with E-state index in [4.69, 9.17) is 49.6 Å². The van der Waals surface area contributed by atoms with Crippen molar-refractivity contribution in [3.63, 3.8) is 0 Å². The minimum atomic E-state index is -0.737. The first-order valence-corrected chi connectivity index (χ1v) is 12.9. The number of likely N-dealkylation sites (N-methyl/N-ethyl adjacent to an activating group) is 1. The molecule has 9 nitrogen and oxygen atoms in total. The number of benzene rings is 2. The molecule has 4 aromatic rings. The number of primary amides is 1. The number of piperidine rings is 1. The molecule has 1 fully saturated rings. The summed E-state index contributed by atoms with van der Waals surface area (Å²) in [4.78, 5) is 29.0. The topological polar surface area (TPSA) is 128 Å². The number of hydrogen-bond acceptors (Lipinski definition) is 7. The highest BCUT2D eigenvalue weighted by Gasteiger charge is 2.40. The fourth-order valence-corrected chi connectivity index (χ4v) is 5.25. The predicted octanol–water partition coefficient (Wildman–Crippen LogP) is 3.68. The molecule has 11 heteroatoms. The average molecular weight is 539 g/mol. The Morgan fingerprint density at radius 2 is 1.76 bits per heavy atom. The first-order valence-electron chi connectivity index (χ1n) is 12.2. The van der Waals surface area contributed by atoms with Crippen LogP contribution in [0.4, 0.5) is 5.82 Å². The van der Waals surface area contributed by atoms with E-state index in [1.165, 1.54) is 0 Å². The number of aromatic nitrogens is 4. The SMILES string of the molecule is CCNC1(C(N)=O)CCN(c2nc(CN)nc3c2nc(-c2ccccc2Cl)n3-c2ccc(Cl)cc2)CC1. The van der Waals surface area contributed by atoms with Crippen LogP contribution in [0.2, 0.25) is 10.0 Å². The molecule has 1 amide bonds. The summed E-state index contributed by atoms with van der Waals surface area (Å²) in [5, 5.41) is 4.49. The number of imidazole rings is 1. The molecule has 0 spiro atoms. The number of nitrogens with two attached hydrogens (primary N) is 2. The van der Waals surface area contributed by atoms with Gasteiger partial charge in [0.25, 0.3) is 0 Å². The second-order valence-electron chi connectivity index (χ2n) is 9.03. The number of amides is 1. The van der Waals surface area contributed by atoms with Crippen molar-refractivity contribution in [3.8, 4) is 17.1 Å². The number of carbonyl (C=O) groups excluding carboxylic acids is 1. The number of halogens is 2. The molecule has 0 bridgehead atoms. The van der Waals surface area contributed by atoms with Crippen molar-refractivity contribution >= 4 is 46.1 Å². The van der Waals surface area contributed by atoms with Gasteiger partial charge in [0.05, 0.1) is 11.6 Å². The fourth-order valence-electron chi connectivity index (χ4n) is 4.91. The van der Waals surface area contributed by atoms with Gasteiger partial charge in [-0.3, -0.25) is 9.36 Å². The lowest BCUT2D eigenvalue weighted by molar-refractivity contribution is -0.125. The molecule has 1 aliphatic rings. The van der Waals surface area contributed by atoms with Gasteiger partial charge in [-0.25, -0.2) is 15.0 Å². The second-order valence-corrected chi connectivity index (χ2v) is 9.87. The molecule has 2 aromatic heterocycles. The summed E-state index contributed by atoms with van der Waals surface area (Å²) in [6, 6.07) is 15.0. The Kier molecular flexibility index (Phi) is 7.04. The van der Waals surface area contributed by atoms with Crippen molar-refractivity contribution in [3.05, 3.63) is 64.4 Å². The summed E-state index contributed by atoms with van der Waals surface area (Å²) >= 11 is 12.8. The van der Waals surface area contributed by atoms with E-state index in [9.17, 15) is 4.79 Å². The maximum absolute atomic E-state index is 12.3. The molecule has 3 heterocycles. The number of nitrogens with zero attached hydrogens (tertiary/aromatic N) is 5. The Balaban J connectivity index is 1.69. The van der Waals surface area contributed by atoms with E-state index in [-0.39, 0.29) is 12.5 Å². The average Bonchev–Trinajstić information content (AvgIpc) is 3.28. The summed E-state index contributed by atoms with van der Waals surface area (Å²) in [7, 11) is 0. The number of nitrogens with one attached hydrogen (secondary N) is 1. The number of rotatable bonds is 7. The standard InChI is InChI=1S/C26H28Cl2N8O/c1-2-31-26(25(30)37)11-13-35(14-12-26)23-21-24(33-20(15-29)32-23)36(17-9-7-16(27)8-10-17)22(34-21)18-5-3-4-6-19(18)28/h3-10,31H,2,11-15,29H2,1H3,(H2,30,37). The van der Waals surface area contributed by atoms with Gasteiger partial charge in [0.15, 0.2) is 17.0 Å². The molecule has 5 N–H and O–H groups in total. The zero-order valence-electron chi connectivity index (χ0n) is 20.4. The largest absolute Gasteiger partial charge is 0.368 e. The molecule has 5 rings (SSSR count). The van der Waals surface area contributed by atoms with E-state index >= 15 is 0 Å². The minimum Gasteiger partial charge on any atom is -0.368 e. The van der Waals surface area contributed by atoms with Gasteiger partial charge in [0.2, 0.25) is 5.91 Å². The van der Waals surface area contributed by atoms with Crippen molar-refractivity contribution in [2.24, 2.45) is 11.5 Å². The summed E-state index contributed by atoms with van der Waals surface area (Å²) in [6.45, 7) is 3.93. The van der Waals surface area contributed by atoms with Gasteiger partial charge in [-0.1, -0.05) is 42.3 Å². The first kappa shape index (κ1) is 25.4. The van der Waals surface area contributed by atoms with Gasteiger partial charge in [0, 0.05) is 29.4 Å². The van der Waals surface area contributed by atoms with E-state index in [1.54, 1.807) is 0 Å². The lowest BCUT2D eigenvalue weighted by Crippen LogP contribution is -2.61. The molecular formula is C26H28Cl2N8O. The van der Waals surface area contributed by atoms with Crippen molar-refractivity contribution in [2.45, 2.75) is 31.8 Å². The molecule has 1 aliphatic heterocycles. The Hall–Kier alpha value is -3.24. The van der Waals surface area contributed by atoms with Gasteiger partial charge in [-0.15, -0.1) is 0 Å². The predicted molar refractivity (Wildman–Crippen MR) is 147 cm³/mol. The quantitative estimate of drug-likeness (QED) is 0.327. The van der Waals surface area contributed by atoms with Crippen LogP contribution in [-0.2, 0) is 11.3 Å². The van der Waals surface area contributed by atoms with Crippen LogP contribution in [0.1, 0.15) is 25.6 Å². The first-order chi connectivity index (χ1) is 17.9. The van der Waals surface area contributed by atoms with Crippen molar-refractivity contribution in [1.82, 2.24) is 24.8 Å². The zero-order chi connectivity index (χ0) is 26.2. The van der Waals surface area contributed by atoms with Crippen LogP contribution in [0, 0.1) is 0 Å². The summed E-state index contributed by atoms with van der Waals surface area (Å²) in [5.74, 6) is 1.45. The molecule has 192 valence electrons. The smallest absolute Gasteiger partial charge is 0.237 e. The molecule has 0 aliphatic carbocycles. The van der Waals surface area contributed by atoms with Crippen LogP contribution < -0.4 is 21.7 Å². The highest BCUT2D eigenvalue weighted by Crippen LogP contribution is 2.36. The molecular weight excluding hydrogens is 511 g/mol. The molecule has 0 saturated carbocycles. The summed E-state index contributed by atoms with van der Waals surface area (Å²) in [6.07, 6.45) is 1.10. The van der Waals surface area contributed by atoms with Crippen molar-refractivity contribution in [2.75, 3.05) is 24.5 Å². The Labute approximate surface area is 224 Å². The Morgan fingerprint density at radius 3 is 2.38 bits per heavy atom. The van der Waals surface area contributed by atoms with Crippen LogP contribution >= 0.6 is 23.2 Å². The van der Waals surface area contributed by atoms with Gasteiger partial charge < -0.3 is 21.7 Å². The number of anilines is 1. The van der Waals surface area contributed by atoms with E-state index < -0.39 is 5.54 Å². The number of carbonyl (C=O) groups is 1. The third-order valence-corrected chi connectivity index (χ3v) is 7.40. The second kappa shape index (κ2) is 10.3. The van der Waals surface area contributed by atoms with E-state index in [2.05, 4.69) is 10.2 Å². The molecule has 0 unspecified atom stereocenters.